The quantitative estimate of drug-likeness (QED) is 0.793. The van der Waals surface area contributed by atoms with E-state index in [1.165, 1.54) is 0 Å². The highest BCUT2D eigenvalue weighted by Crippen LogP contribution is 2.18. The third-order valence-corrected chi connectivity index (χ3v) is 1.90. The molecule has 0 unspecified atom stereocenters. The summed E-state index contributed by atoms with van der Waals surface area (Å²) in [6, 6.07) is 7.54. The lowest BCUT2D eigenvalue weighted by Gasteiger charge is -1.95. The van der Waals surface area contributed by atoms with E-state index in [0.717, 1.165) is 11.1 Å². The molecule has 76 valence electrons. The van der Waals surface area contributed by atoms with Crippen LogP contribution >= 0.6 is 0 Å². The Hall–Kier alpha value is -2.17. The maximum Gasteiger partial charge on any atom is 0.306 e. The van der Waals surface area contributed by atoms with Crippen molar-refractivity contribution >= 4 is 5.91 Å². The van der Waals surface area contributed by atoms with E-state index in [-0.39, 0.29) is 5.89 Å². The Kier molecular flexibility index (Phi) is 2.21. The Morgan fingerprint density at radius 1 is 1.40 bits per heavy atom. The highest BCUT2D eigenvalue weighted by Gasteiger charge is 2.12. The van der Waals surface area contributed by atoms with Gasteiger partial charge in [0.25, 0.3) is 0 Å². The lowest BCUT2D eigenvalue weighted by atomic mass is 10.1. The summed E-state index contributed by atoms with van der Waals surface area (Å²) in [5.41, 5.74) is 6.85. The van der Waals surface area contributed by atoms with Crippen LogP contribution in [0, 0.1) is 6.92 Å². The predicted molar refractivity (Wildman–Crippen MR) is 53.0 cm³/mol. The van der Waals surface area contributed by atoms with Crippen molar-refractivity contribution in [1.82, 2.24) is 10.2 Å². The van der Waals surface area contributed by atoms with Gasteiger partial charge in [0.15, 0.2) is 0 Å². The van der Waals surface area contributed by atoms with Gasteiger partial charge in [-0.05, 0) is 19.1 Å². The second kappa shape index (κ2) is 3.53. The number of nitrogens with two attached hydrogens (primary N) is 1. The lowest BCUT2D eigenvalue weighted by Crippen LogP contribution is -2.10. The molecule has 5 nitrogen and oxygen atoms in total. The summed E-state index contributed by atoms with van der Waals surface area (Å²) < 4.78 is 5.09. The largest absolute Gasteiger partial charge is 0.412 e. The van der Waals surface area contributed by atoms with E-state index >= 15 is 0 Å². The Labute approximate surface area is 85.9 Å². The number of aromatic nitrogens is 2. The second-order valence-electron chi connectivity index (χ2n) is 3.15. The molecule has 0 radical (unpaired) electrons. The van der Waals surface area contributed by atoms with Crippen molar-refractivity contribution in [3.05, 3.63) is 35.7 Å². The molecule has 0 aliphatic rings. The van der Waals surface area contributed by atoms with Crippen LogP contribution < -0.4 is 5.73 Å². The second-order valence-corrected chi connectivity index (χ2v) is 3.15. The Bertz CT molecular complexity index is 505. The molecule has 0 bridgehead atoms. The molecule has 15 heavy (non-hydrogen) atoms. The highest BCUT2D eigenvalue weighted by molar-refractivity contribution is 5.87. The van der Waals surface area contributed by atoms with Gasteiger partial charge in [-0.25, -0.2) is 0 Å². The first-order chi connectivity index (χ1) is 7.16. The molecule has 5 heteroatoms. The summed E-state index contributed by atoms with van der Waals surface area (Å²) in [6.07, 6.45) is 0. The van der Waals surface area contributed by atoms with Gasteiger partial charge in [0, 0.05) is 5.56 Å². The van der Waals surface area contributed by atoms with Crippen LogP contribution in [-0.4, -0.2) is 16.1 Å². The molecule has 2 aromatic rings. The summed E-state index contributed by atoms with van der Waals surface area (Å²) in [7, 11) is 0. The smallest absolute Gasteiger partial charge is 0.306 e. The molecule has 1 aromatic heterocycles. The van der Waals surface area contributed by atoms with E-state index in [4.69, 9.17) is 10.2 Å². The van der Waals surface area contributed by atoms with Gasteiger partial charge in [0.2, 0.25) is 5.89 Å². The number of aryl methyl sites for hydroxylation is 1. The monoisotopic (exact) mass is 203 g/mol. The van der Waals surface area contributed by atoms with E-state index < -0.39 is 5.91 Å². The van der Waals surface area contributed by atoms with Crippen molar-refractivity contribution in [2.75, 3.05) is 0 Å². The lowest BCUT2D eigenvalue weighted by molar-refractivity contribution is 0.0968. The number of primary amides is 1. The van der Waals surface area contributed by atoms with Crippen LogP contribution in [0.15, 0.2) is 28.7 Å². The molecule has 0 atom stereocenters. The van der Waals surface area contributed by atoms with Crippen LogP contribution in [0.25, 0.3) is 11.5 Å². The molecule has 1 heterocycles. The first kappa shape index (κ1) is 9.39. The number of hydrogen-bond acceptors (Lipinski definition) is 4. The zero-order chi connectivity index (χ0) is 10.8. The van der Waals surface area contributed by atoms with E-state index in [2.05, 4.69) is 10.2 Å². The third-order valence-electron chi connectivity index (χ3n) is 1.90. The number of hydrogen-bond donors (Lipinski definition) is 1. The first-order valence-electron chi connectivity index (χ1n) is 4.37. The summed E-state index contributed by atoms with van der Waals surface area (Å²) >= 11 is 0. The van der Waals surface area contributed by atoms with Crippen molar-refractivity contribution in [2.24, 2.45) is 5.73 Å². The summed E-state index contributed by atoms with van der Waals surface area (Å²) in [5, 5.41) is 7.26. The summed E-state index contributed by atoms with van der Waals surface area (Å²) in [4.78, 5) is 10.7. The Morgan fingerprint density at radius 3 is 2.80 bits per heavy atom. The standard InChI is InChI=1S/C10H9N3O2/c1-6-3-2-4-7(5-6)9-12-13-10(15-9)8(11)14/h2-5H,1H3,(H2,11,14). The zero-order valence-electron chi connectivity index (χ0n) is 8.10. The van der Waals surface area contributed by atoms with Crippen LogP contribution in [0.2, 0.25) is 0 Å². The molecule has 1 amide bonds. The molecule has 0 spiro atoms. The number of carbonyl (C=O) groups excluding carboxylic acids is 1. The van der Waals surface area contributed by atoms with Gasteiger partial charge < -0.3 is 10.2 Å². The predicted octanol–water partition coefficient (Wildman–Crippen LogP) is 1.14. The van der Waals surface area contributed by atoms with Gasteiger partial charge in [-0.2, -0.15) is 0 Å². The third kappa shape index (κ3) is 1.85. The van der Waals surface area contributed by atoms with Crippen LogP contribution in [0.5, 0.6) is 0 Å². The van der Waals surface area contributed by atoms with Gasteiger partial charge in [-0.3, -0.25) is 4.79 Å². The maximum atomic E-state index is 10.7. The fourth-order valence-corrected chi connectivity index (χ4v) is 1.22. The van der Waals surface area contributed by atoms with Crippen LogP contribution in [-0.2, 0) is 0 Å². The van der Waals surface area contributed by atoms with Crippen molar-refractivity contribution in [3.8, 4) is 11.5 Å². The average Bonchev–Trinajstić information content (AvgIpc) is 2.66. The van der Waals surface area contributed by atoms with Gasteiger partial charge in [-0.1, -0.05) is 17.7 Å². The molecule has 2 N–H and O–H groups in total. The highest BCUT2D eigenvalue weighted by atomic mass is 16.4. The Morgan fingerprint density at radius 2 is 2.20 bits per heavy atom. The molecule has 0 saturated heterocycles. The SMILES string of the molecule is Cc1cccc(-c2nnc(C(N)=O)o2)c1. The molecular weight excluding hydrogens is 194 g/mol. The molecule has 0 aliphatic carbocycles. The van der Waals surface area contributed by atoms with E-state index in [9.17, 15) is 4.79 Å². The first-order valence-corrected chi connectivity index (χ1v) is 4.37. The van der Waals surface area contributed by atoms with E-state index in [1.54, 1.807) is 0 Å². The number of amides is 1. The van der Waals surface area contributed by atoms with Crippen LogP contribution in [0.3, 0.4) is 0 Å². The fourth-order valence-electron chi connectivity index (χ4n) is 1.22. The van der Waals surface area contributed by atoms with Gasteiger partial charge in [-0.15, -0.1) is 10.2 Å². The molecule has 1 aromatic carbocycles. The number of carbonyl (C=O) groups is 1. The average molecular weight is 203 g/mol. The van der Waals surface area contributed by atoms with E-state index in [1.807, 2.05) is 31.2 Å². The molecular formula is C10H9N3O2. The normalized spacial score (nSPS) is 10.2. The zero-order valence-corrected chi connectivity index (χ0v) is 8.10. The number of benzene rings is 1. The minimum absolute atomic E-state index is 0.175. The number of nitrogens with zero attached hydrogens (tertiary/aromatic N) is 2. The van der Waals surface area contributed by atoms with Crippen molar-refractivity contribution in [3.63, 3.8) is 0 Å². The minimum Gasteiger partial charge on any atom is -0.412 e. The topological polar surface area (TPSA) is 82.0 Å². The summed E-state index contributed by atoms with van der Waals surface area (Å²) in [5.74, 6) is -0.597. The molecule has 2 rings (SSSR count). The number of rotatable bonds is 2. The van der Waals surface area contributed by atoms with Crippen molar-refractivity contribution in [1.29, 1.82) is 0 Å². The minimum atomic E-state index is -0.721. The van der Waals surface area contributed by atoms with E-state index in [0.29, 0.717) is 5.89 Å². The molecule has 0 aliphatic heterocycles. The Balaban J connectivity index is 2.41. The maximum absolute atomic E-state index is 10.7. The van der Waals surface area contributed by atoms with Crippen LogP contribution in [0.4, 0.5) is 0 Å². The van der Waals surface area contributed by atoms with Crippen molar-refractivity contribution in [2.45, 2.75) is 6.92 Å². The van der Waals surface area contributed by atoms with Gasteiger partial charge in [0.05, 0.1) is 0 Å². The fraction of sp³-hybridized carbons (Fsp3) is 0.100. The molecule has 0 fully saturated rings. The van der Waals surface area contributed by atoms with Gasteiger partial charge >= 0.3 is 11.8 Å². The van der Waals surface area contributed by atoms with Crippen LogP contribution in [0.1, 0.15) is 16.2 Å². The summed E-state index contributed by atoms with van der Waals surface area (Å²) in [6.45, 7) is 1.95. The molecule has 0 saturated carbocycles. The van der Waals surface area contributed by atoms with Crippen molar-refractivity contribution < 1.29 is 9.21 Å². The van der Waals surface area contributed by atoms with Gasteiger partial charge in [0.1, 0.15) is 0 Å².